The molecule has 1 aromatic carbocycles. The van der Waals surface area contributed by atoms with Gasteiger partial charge in [-0.25, -0.2) is 9.67 Å². The van der Waals surface area contributed by atoms with Gasteiger partial charge >= 0.3 is 6.18 Å². The summed E-state index contributed by atoms with van der Waals surface area (Å²) < 4.78 is 39.7. The molecule has 0 bridgehead atoms. The summed E-state index contributed by atoms with van der Waals surface area (Å²) >= 11 is 0. The average molecular weight is 471 g/mol. The molecule has 0 aliphatic carbocycles. The van der Waals surface area contributed by atoms with E-state index in [-0.39, 0.29) is 23.7 Å². The van der Waals surface area contributed by atoms with Gasteiger partial charge in [-0.2, -0.15) is 18.3 Å². The van der Waals surface area contributed by atoms with Gasteiger partial charge in [0.2, 0.25) is 0 Å². The topological polar surface area (TPSA) is 80.1 Å². The van der Waals surface area contributed by atoms with Crippen LogP contribution in [0, 0.1) is 13.8 Å². The lowest BCUT2D eigenvalue weighted by molar-refractivity contribution is -0.137. The number of aryl methyl sites for hydroxylation is 1. The number of rotatable bonds is 4. The van der Waals surface area contributed by atoms with E-state index in [1.807, 2.05) is 25.1 Å². The summed E-state index contributed by atoms with van der Waals surface area (Å²) in [6.07, 6.45) is -1.08. The zero-order chi connectivity index (χ0) is 24.5. The monoisotopic (exact) mass is 471 g/mol. The fourth-order valence-corrected chi connectivity index (χ4v) is 4.02. The van der Waals surface area contributed by atoms with Crippen molar-refractivity contribution in [2.24, 2.45) is 0 Å². The average Bonchev–Trinajstić information content (AvgIpc) is 3.20. The Morgan fingerprint density at radius 3 is 2.32 bits per heavy atom. The minimum Gasteiger partial charge on any atom is -0.349 e. The third kappa shape index (κ3) is 4.80. The molecule has 0 saturated carbocycles. The zero-order valence-corrected chi connectivity index (χ0v) is 18.8. The molecule has 1 fully saturated rings. The highest BCUT2D eigenvalue weighted by Crippen LogP contribution is 2.29. The molecule has 178 valence electrons. The van der Waals surface area contributed by atoms with Crippen LogP contribution in [0.5, 0.6) is 0 Å². The number of carbonyl (C=O) groups is 2. The molecule has 2 aromatic heterocycles. The Balaban J connectivity index is 1.39. The summed E-state index contributed by atoms with van der Waals surface area (Å²) in [6.45, 7) is 4.51. The first-order valence-corrected chi connectivity index (χ1v) is 10.9. The highest BCUT2D eigenvalue weighted by Gasteiger charge is 2.31. The molecule has 0 radical (unpaired) electrons. The number of likely N-dealkylation sites (tertiary alicyclic amines) is 1. The lowest BCUT2D eigenvalue weighted by atomic mass is 10.0. The molecule has 0 unspecified atom stereocenters. The van der Waals surface area contributed by atoms with Gasteiger partial charge in [0, 0.05) is 30.9 Å². The van der Waals surface area contributed by atoms with Gasteiger partial charge in [-0.05, 0) is 50.5 Å². The number of alkyl halides is 3. The third-order valence-corrected chi connectivity index (χ3v) is 6.04. The van der Waals surface area contributed by atoms with Crippen LogP contribution in [-0.4, -0.2) is 50.6 Å². The minimum absolute atomic E-state index is 0.0312. The second-order valence-corrected chi connectivity index (χ2v) is 8.31. The number of aromatic nitrogens is 3. The first kappa shape index (κ1) is 23.5. The normalized spacial score (nSPS) is 14.8. The number of piperidine rings is 1. The van der Waals surface area contributed by atoms with E-state index in [0.717, 1.165) is 17.8 Å². The van der Waals surface area contributed by atoms with E-state index in [1.54, 1.807) is 17.9 Å². The van der Waals surface area contributed by atoms with Gasteiger partial charge < -0.3 is 10.2 Å². The van der Waals surface area contributed by atoms with Crippen LogP contribution in [-0.2, 0) is 6.18 Å². The Hall–Kier alpha value is -3.69. The zero-order valence-electron chi connectivity index (χ0n) is 18.8. The molecule has 3 aromatic rings. The first-order chi connectivity index (χ1) is 16.1. The molecule has 0 spiro atoms. The molecule has 10 heteroatoms. The van der Waals surface area contributed by atoms with Crippen molar-refractivity contribution in [3.63, 3.8) is 0 Å². The van der Waals surface area contributed by atoms with Crippen LogP contribution in [0.2, 0.25) is 0 Å². The van der Waals surface area contributed by atoms with E-state index in [9.17, 15) is 22.8 Å². The van der Waals surface area contributed by atoms with Crippen molar-refractivity contribution in [2.45, 2.75) is 38.9 Å². The summed E-state index contributed by atoms with van der Waals surface area (Å²) in [5.41, 5.74) is 1.55. The largest absolute Gasteiger partial charge is 0.417 e. The Labute approximate surface area is 194 Å². The predicted octanol–water partition coefficient (Wildman–Crippen LogP) is 3.94. The number of hydrogen-bond acceptors (Lipinski definition) is 4. The number of benzene rings is 1. The van der Waals surface area contributed by atoms with E-state index in [2.05, 4.69) is 15.4 Å². The number of amides is 2. The smallest absolute Gasteiger partial charge is 0.349 e. The van der Waals surface area contributed by atoms with Crippen molar-refractivity contribution in [3.8, 4) is 5.82 Å². The lowest BCUT2D eigenvalue weighted by Gasteiger charge is -2.32. The second-order valence-electron chi connectivity index (χ2n) is 8.31. The molecule has 1 aliphatic heterocycles. The quantitative estimate of drug-likeness (QED) is 0.625. The van der Waals surface area contributed by atoms with Crippen LogP contribution in [0.4, 0.5) is 13.2 Å². The van der Waals surface area contributed by atoms with Crippen LogP contribution < -0.4 is 5.32 Å². The molecule has 4 rings (SSSR count). The predicted molar refractivity (Wildman–Crippen MR) is 119 cm³/mol. The van der Waals surface area contributed by atoms with E-state index >= 15 is 0 Å². The van der Waals surface area contributed by atoms with Gasteiger partial charge in [-0.1, -0.05) is 18.2 Å². The van der Waals surface area contributed by atoms with Crippen molar-refractivity contribution >= 4 is 11.8 Å². The summed E-state index contributed by atoms with van der Waals surface area (Å²) in [6, 6.07) is 9.51. The van der Waals surface area contributed by atoms with Gasteiger partial charge in [0.25, 0.3) is 11.8 Å². The molecule has 1 aliphatic rings. The number of pyridine rings is 1. The van der Waals surface area contributed by atoms with Crippen LogP contribution in [0.25, 0.3) is 5.82 Å². The highest BCUT2D eigenvalue weighted by molar-refractivity contribution is 5.96. The van der Waals surface area contributed by atoms with Gasteiger partial charge in [0.05, 0.1) is 23.0 Å². The third-order valence-electron chi connectivity index (χ3n) is 6.04. The molecule has 1 N–H and O–H groups in total. The van der Waals surface area contributed by atoms with Gasteiger partial charge in [-0.15, -0.1) is 0 Å². The fourth-order valence-electron chi connectivity index (χ4n) is 4.02. The van der Waals surface area contributed by atoms with Crippen LogP contribution in [0.1, 0.15) is 50.4 Å². The second kappa shape index (κ2) is 9.28. The number of carbonyl (C=O) groups excluding carboxylic acids is 2. The Kier molecular flexibility index (Phi) is 6.41. The fraction of sp³-hybridized carbons (Fsp3) is 0.333. The Morgan fingerprint density at radius 2 is 1.71 bits per heavy atom. The van der Waals surface area contributed by atoms with Crippen molar-refractivity contribution in [1.29, 1.82) is 0 Å². The number of hydrogen-bond donors (Lipinski definition) is 1. The summed E-state index contributed by atoms with van der Waals surface area (Å²) in [5.74, 6) is -0.134. The maximum Gasteiger partial charge on any atom is 0.417 e. The van der Waals surface area contributed by atoms with E-state index in [1.165, 1.54) is 16.9 Å². The molecule has 0 atom stereocenters. The standard InChI is InChI=1S/C24H24F3N5O2/c1-15-5-3-4-6-19(15)22(33)30-18-9-11-31(12-10-18)23(34)20-14-29-32(16(20)2)21-8-7-17(13-28-21)24(25,26)27/h3-8,13-14,18H,9-12H2,1-2H3,(H,30,33). The van der Waals surface area contributed by atoms with E-state index < -0.39 is 11.7 Å². The van der Waals surface area contributed by atoms with Crippen molar-refractivity contribution in [3.05, 3.63) is 76.7 Å². The van der Waals surface area contributed by atoms with E-state index in [4.69, 9.17) is 0 Å². The number of halogens is 3. The summed E-state index contributed by atoms with van der Waals surface area (Å²) in [7, 11) is 0. The maximum absolute atomic E-state index is 13.1. The molecule has 3 heterocycles. The highest BCUT2D eigenvalue weighted by atomic mass is 19.4. The van der Waals surface area contributed by atoms with Crippen LogP contribution in [0.15, 0.2) is 48.8 Å². The minimum atomic E-state index is -4.47. The molecule has 7 nitrogen and oxygen atoms in total. The molecular formula is C24H24F3N5O2. The van der Waals surface area contributed by atoms with Crippen LogP contribution >= 0.6 is 0 Å². The molecule has 2 amide bonds. The van der Waals surface area contributed by atoms with E-state index in [0.29, 0.717) is 42.8 Å². The Bertz CT molecular complexity index is 1200. The van der Waals surface area contributed by atoms with Crippen molar-refractivity contribution in [1.82, 2.24) is 25.0 Å². The molecular weight excluding hydrogens is 447 g/mol. The Morgan fingerprint density at radius 1 is 1.00 bits per heavy atom. The maximum atomic E-state index is 13.1. The first-order valence-electron chi connectivity index (χ1n) is 10.9. The number of nitrogens with zero attached hydrogens (tertiary/aromatic N) is 4. The molecule has 1 saturated heterocycles. The molecule has 34 heavy (non-hydrogen) atoms. The van der Waals surface area contributed by atoms with Gasteiger partial charge in [0.1, 0.15) is 0 Å². The number of nitrogens with one attached hydrogen (secondary N) is 1. The SMILES string of the molecule is Cc1ccccc1C(=O)NC1CCN(C(=O)c2cnn(-c3ccc(C(F)(F)F)cn3)c2C)CC1. The van der Waals surface area contributed by atoms with Gasteiger partial charge in [-0.3, -0.25) is 9.59 Å². The van der Waals surface area contributed by atoms with Gasteiger partial charge in [0.15, 0.2) is 5.82 Å². The summed E-state index contributed by atoms with van der Waals surface area (Å²) in [4.78, 5) is 31.2. The van der Waals surface area contributed by atoms with Crippen molar-refractivity contribution < 1.29 is 22.8 Å². The summed E-state index contributed by atoms with van der Waals surface area (Å²) in [5, 5.41) is 7.20. The lowest BCUT2D eigenvalue weighted by Crippen LogP contribution is -2.46. The van der Waals surface area contributed by atoms with Crippen molar-refractivity contribution in [2.75, 3.05) is 13.1 Å². The van der Waals surface area contributed by atoms with Crippen LogP contribution in [0.3, 0.4) is 0 Å².